The van der Waals surface area contributed by atoms with Crippen molar-refractivity contribution in [3.63, 3.8) is 0 Å². The van der Waals surface area contributed by atoms with Crippen LogP contribution in [0, 0.1) is 0 Å². The molecule has 0 aliphatic heterocycles. The third-order valence-corrected chi connectivity index (χ3v) is 2.44. The van der Waals surface area contributed by atoms with Crippen molar-refractivity contribution >= 4 is 17.1 Å². The Morgan fingerprint density at radius 1 is 1.44 bits per heavy atom. The maximum absolute atomic E-state index is 11.6. The maximum Gasteiger partial charge on any atom is 0.420 e. The molecule has 1 heterocycles. The van der Waals surface area contributed by atoms with Gasteiger partial charge in [-0.25, -0.2) is 4.79 Å². The van der Waals surface area contributed by atoms with Crippen molar-refractivity contribution in [2.75, 3.05) is 6.61 Å². The Kier molecular flexibility index (Phi) is 3.62. The van der Waals surface area contributed by atoms with E-state index in [9.17, 15) is 9.59 Å². The molecule has 0 spiro atoms. The van der Waals surface area contributed by atoms with Crippen LogP contribution in [0.5, 0.6) is 0 Å². The summed E-state index contributed by atoms with van der Waals surface area (Å²) in [6.07, 6.45) is 3.50. The molecule has 1 aromatic carbocycles. The first-order valence-corrected chi connectivity index (χ1v) is 5.57. The number of nitrogens with zero attached hydrogens (tertiary/aromatic N) is 1. The second kappa shape index (κ2) is 5.35. The molecule has 2 rings (SSSR count). The third-order valence-electron chi connectivity index (χ3n) is 2.44. The van der Waals surface area contributed by atoms with Crippen molar-refractivity contribution in [1.29, 1.82) is 0 Å². The lowest BCUT2D eigenvalue weighted by atomic mass is 10.3. The van der Waals surface area contributed by atoms with E-state index in [1.807, 2.05) is 6.92 Å². The molecular formula is C13H13NO4. The van der Waals surface area contributed by atoms with E-state index < -0.39 is 11.7 Å². The number of esters is 1. The van der Waals surface area contributed by atoms with Gasteiger partial charge in [-0.1, -0.05) is 24.3 Å². The number of hydrogen-bond acceptors (Lipinski definition) is 4. The summed E-state index contributed by atoms with van der Waals surface area (Å²) in [4.78, 5) is 23.1. The van der Waals surface area contributed by atoms with Gasteiger partial charge in [0, 0.05) is 0 Å². The number of fused-ring (bicyclic) bond motifs is 1. The highest BCUT2D eigenvalue weighted by atomic mass is 16.5. The second-order valence-electron chi connectivity index (χ2n) is 3.67. The molecule has 0 saturated carbocycles. The van der Waals surface area contributed by atoms with Crippen LogP contribution in [0.15, 0.2) is 45.6 Å². The molecule has 5 nitrogen and oxygen atoms in total. The summed E-state index contributed by atoms with van der Waals surface area (Å²) in [5, 5.41) is 0. The number of para-hydroxylation sites is 2. The van der Waals surface area contributed by atoms with Gasteiger partial charge < -0.3 is 9.15 Å². The fourth-order valence-electron chi connectivity index (χ4n) is 1.58. The topological polar surface area (TPSA) is 61.4 Å². The number of hydrogen-bond donors (Lipinski definition) is 0. The zero-order chi connectivity index (χ0) is 13.0. The van der Waals surface area contributed by atoms with Crippen LogP contribution in [0.3, 0.4) is 0 Å². The van der Waals surface area contributed by atoms with Crippen molar-refractivity contribution in [2.45, 2.75) is 13.5 Å². The molecule has 0 aliphatic rings. The van der Waals surface area contributed by atoms with Crippen molar-refractivity contribution in [2.24, 2.45) is 0 Å². The average molecular weight is 247 g/mol. The molecule has 1 aromatic heterocycles. The maximum atomic E-state index is 11.6. The minimum absolute atomic E-state index is 0.145. The predicted molar refractivity (Wildman–Crippen MR) is 66.2 cm³/mol. The standard InChI is InChI=1S/C13H13NO4/c1-2-3-8-17-12(15)9-14-10-6-4-5-7-11(10)18-13(14)16/h2-7H,8-9H2,1H3/b3-2+. The summed E-state index contributed by atoms with van der Waals surface area (Å²) in [7, 11) is 0. The molecule has 0 radical (unpaired) electrons. The average Bonchev–Trinajstić information content (AvgIpc) is 2.67. The van der Waals surface area contributed by atoms with E-state index in [1.165, 1.54) is 4.57 Å². The number of rotatable bonds is 4. The number of allylic oxidation sites excluding steroid dienone is 1. The Morgan fingerprint density at radius 2 is 2.22 bits per heavy atom. The fraction of sp³-hybridized carbons (Fsp3) is 0.231. The molecule has 94 valence electrons. The number of carbonyl (C=O) groups is 1. The number of aromatic nitrogens is 1. The lowest BCUT2D eigenvalue weighted by molar-refractivity contribution is -0.143. The van der Waals surface area contributed by atoms with Crippen molar-refractivity contribution in [3.8, 4) is 0 Å². The zero-order valence-corrected chi connectivity index (χ0v) is 9.96. The lowest BCUT2D eigenvalue weighted by Gasteiger charge is -2.02. The number of carbonyl (C=O) groups excluding carboxylic acids is 1. The summed E-state index contributed by atoms with van der Waals surface area (Å²) in [5.74, 6) is -1.03. The van der Waals surface area contributed by atoms with Crippen molar-refractivity contribution in [3.05, 3.63) is 47.0 Å². The van der Waals surface area contributed by atoms with E-state index in [4.69, 9.17) is 9.15 Å². The minimum atomic E-state index is -0.556. The number of ether oxygens (including phenoxy) is 1. The first-order valence-electron chi connectivity index (χ1n) is 5.57. The first-order chi connectivity index (χ1) is 8.72. The van der Waals surface area contributed by atoms with Gasteiger partial charge in [0.1, 0.15) is 13.2 Å². The minimum Gasteiger partial charge on any atom is -0.460 e. The fourth-order valence-corrected chi connectivity index (χ4v) is 1.58. The highest BCUT2D eigenvalue weighted by molar-refractivity contribution is 5.76. The van der Waals surface area contributed by atoms with Gasteiger partial charge in [-0.2, -0.15) is 0 Å². The van der Waals surface area contributed by atoms with Crippen LogP contribution < -0.4 is 5.76 Å². The molecular weight excluding hydrogens is 234 g/mol. The Bertz CT molecular complexity index is 636. The van der Waals surface area contributed by atoms with Crippen LogP contribution in [-0.2, 0) is 16.1 Å². The largest absolute Gasteiger partial charge is 0.460 e. The van der Waals surface area contributed by atoms with Crippen LogP contribution in [0.25, 0.3) is 11.1 Å². The van der Waals surface area contributed by atoms with Crippen LogP contribution in [0.4, 0.5) is 0 Å². The summed E-state index contributed by atoms with van der Waals surface area (Å²) < 4.78 is 11.2. The summed E-state index contributed by atoms with van der Waals surface area (Å²) in [5.41, 5.74) is 1.05. The smallest absolute Gasteiger partial charge is 0.420 e. The Balaban J connectivity index is 2.19. The van der Waals surface area contributed by atoms with Gasteiger partial charge in [0.25, 0.3) is 0 Å². The normalized spacial score (nSPS) is 11.2. The van der Waals surface area contributed by atoms with Gasteiger partial charge in [0.2, 0.25) is 0 Å². The lowest BCUT2D eigenvalue weighted by Crippen LogP contribution is -2.21. The molecule has 0 fully saturated rings. The van der Waals surface area contributed by atoms with E-state index in [0.717, 1.165) is 0 Å². The number of benzene rings is 1. The molecule has 5 heteroatoms. The first kappa shape index (κ1) is 12.2. The second-order valence-corrected chi connectivity index (χ2v) is 3.67. The number of oxazole rings is 1. The van der Waals surface area contributed by atoms with Gasteiger partial charge in [-0.15, -0.1) is 0 Å². The highest BCUT2D eigenvalue weighted by Crippen LogP contribution is 2.11. The van der Waals surface area contributed by atoms with E-state index in [-0.39, 0.29) is 13.2 Å². The molecule has 0 N–H and O–H groups in total. The molecule has 0 aliphatic carbocycles. The van der Waals surface area contributed by atoms with Crippen LogP contribution in [0.2, 0.25) is 0 Å². The van der Waals surface area contributed by atoms with Crippen molar-refractivity contribution < 1.29 is 13.9 Å². The Hall–Kier alpha value is -2.30. The van der Waals surface area contributed by atoms with Gasteiger partial charge >= 0.3 is 11.7 Å². The Labute approximate surface area is 103 Å². The SMILES string of the molecule is C/C=C/COC(=O)Cn1c(=O)oc2ccccc21. The van der Waals surface area contributed by atoms with Crippen LogP contribution in [-0.4, -0.2) is 17.1 Å². The Morgan fingerprint density at radius 3 is 3.00 bits per heavy atom. The molecule has 2 aromatic rings. The third kappa shape index (κ3) is 2.51. The summed E-state index contributed by atoms with van der Waals surface area (Å²) in [6.45, 7) is 1.90. The molecule has 0 bridgehead atoms. The van der Waals surface area contributed by atoms with E-state index >= 15 is 0 Å². The highest BCUT2D eigenvalue weighted by Gasteiger charge is 2.12. The monoisotopic (exact) mass is 247 g/mol. The van der Waals surface area contributed by atoms with Gasteiger partial charge in [0.05, 0.1) is 5.52 Å². The predicted octanol–water partition coefficient (Wildman–Crippen LogP) is 1.71. The summed E-state index contributed by atoms with van der Waals surface area (Å²) >= 11 is 0. The van der Waals surface area contributed by atoms with E-state index in [1.54, 1.807) is 36.4 Å². The van der Waals surface area contributed by atoms with Gasteiger partial charge in [0.15, 0.2) is 5.58 Å². The van der Waals surface area contributed by atoms with Crippen LogP contribution in [0.1, 0.15) is 6.92 Å². The zero-order valence-electron chi connectivity index (χ0n) is 9.96. The van der Waals surface area contributed by atoms with Crippen molar-refractivity contribution in [1.82, 2.24) is 4.57 Å². The van der Waals surface area contributed by atoms with E-state index in [2.05, 4.69) is 0 Å². The van der Waals surface area contributed by atoms with Gasteiger partial charge in [-0.3, -0.25) is 9.36 Å². The molecule has 0 saturated heterocycles. The van der Waals surface area contributed by atoms with Crippen LogP contribution >= 0.6 is 0 Å². The molecule has 0 atom stereocenters. The van der Waals surface area contributed by atoms with Gasteiger partial charge in [-0.05, 0) is 19.1 Å². The van der Waals surface area contributed by atoms with E-state index in [0.29, 0.717) is 11.1 Å². The molecule has 0 unspecified atom stereocenters. The quantitative estimate of drug-likeness (QED) is 0.609. The molecule has 0 amide bonds. The summed E-state index contributed by atoms with van der Waals surface area (Å²) in [6, 6.07) is 6.94. The molecule has 18 heavy (non-hydrogen) atoms.